The van der Waals surface area contributed by atoms with Crippen molar-refractivity contribution in [1.29, 1.82) is 0 Å². The van der Waals surface area contributed by atoms with Gasteiger partial charge in [0.15, 0.2) is 11.4 Å². The van der Waals surface area contributed by atoms with E-state index in [4.69, 9.17) is 0 Å². The Morgan fingerprint density at radius 3 is 2.40 bits per heavy atom. The normalized spacial score (nSPS) is 39.1. The van der Waals surface area contributed by atoms with E-state index in [1.807, 2.05) is 30.3 Å². The van der Waals surface area contributed by atoms with Gasteiger partial charge in [0, 0.05) is 5.75 Å². The van der Waals surface area contributed by atoms with Crippen molar-refractivity contribution in [3.63, 3.8) is 0 Å². The van der Waals surface area contributed by atoms with E-state index in [0.29, 0.717) is 10.9 Å². The van der Waals surface area contributed by atoms with E-state index in [9.17, 15) is 20.4 Å². The molecule has 2 fully saturated rings. The van der Waals surface area contributed by atoms with Crippen molar-refractivity contribution in [2.24, 2.45) is 4.99 Å². The summed E-state index contributed by atoms with van der Waals surface area (Å²) in [6, 6.07) is 8.81. The van der Waals surface area contributed by atoms with Crippen LogP contribution in [0.5, 0.6) is 0 Å². The summed E-state index contributed by atoms with van der Waals surface area (Å²) < 4.78 is 0. The van der Waals surface area contributed by atoms with Gasteiger partial charge >= 0.3 is 0 Å². The van der Waals surface area contributed by atoms with Gasteiger partial charge in [-0.3, -0.25) is 0 Å². The van der Waals surface area contributed by atoms with Crippen LogP contribution in [0.3, 0.4) is 0 Å². The summed E-state index contributed by atoms with van der Waals surface area (Å²) in [5.41, 5.74) is 0.734. The first kappa shape index (κ1) is 13.8. The molecule has 2 aliphatic heterocycles. The highest BCUT2D eigenvalue weighted by Crippen LogP contribution is 2.35. The number of fused-ring (bicyclic) bond motifs is 1. The molecular formula is C13H16N2O4S. The molecule has 0 bridgehead atoms. The Morgan fingerprint density at radius 1 is 1.00 bits per heavy atom. The number of benzene rings is 1. The summed E-state index contributed by atoms with van der Waals surface area (Å²) >= 11 is 1.39. The van der Waals surface area contributed by atoms with Gasteiger partial charge in [-0.2, -0.15) is 0 Å². The molecule has 0 saturated carbocycles. The molecule has 1 aromatic carbocycles. The first-order valence-corrected chi connectivity index (χ1v) is 7.35. The fourth-order valence-corrected chi connectivity index (χ4v) is 3.74. The topological polar surface area (TPSA) is 96.5 Å². The Bertz CT molecular complexity index is 512. The molecule has 0 spiro atoms. The second-order valence-electron chi connectivity index (χ2n) is 4.90. The molecule has 4 N–H and O–H groups in total. The Morgan fingerprint density at radius 2 is 1.70 bits per heavy atom. The lowest BCUT2D eigenvalue weighted by Gasteiger charge is -2.43. The molecular weight excluding hydrogens is 280 g/mol. The maximum absolute atomic E-state index is 10.1. The zero-order valence-electron chi connectivity index (χ0n) is 10.6. The SMILES string of the molecule is OC1C(O)C(O)N2C(=Nc3ccccc3)SCC2C1O. The lowest BCUT2D eigenvalue weighted by molar-refractivity contribution is -0.190. The average Bonchev–Trinajstić information content (AvgIpc) is 2.88. The van der Waals surface area contributed by atoms with Gasteiger partial charge < -0.3 is 25.3 Å². The summed E-state index contributed by atoms with van der Waals surface area (Å²) in [5, 5.41) is 40.1. The molecule has 2 heterocycles. The molecule has 2 saturated heterocycles. The minimum Gasteiger partial charge on any atom is -0.388 e. The van der Waals surface area contributed by atoms with Crippen LogP contribution in [0.1, 0.15) is 0 Å². The Balaban J connectivity index is 1.91. The number of rotatable bonds is 1. The molecule has 7 heteroatoms. The van der Waals surface area contributed by atoms with Crippen LogP contribution >= 0.6 is 11.8 Å². The van der Waals surface area contributed by atoms with E-state index >= 15 is 0 Å². The molecule has 0 aromatic heterocycles. The second kappa shape index (κ2) is 5.34. The van der Waals surface area contributed by atoms with Crippen molar-refractivity contribution in [2.45, 2.75) is 30.6 Å². The van der Waals surface area contributed by atoms with Crippen LogP contribution in [-0.2, 0) is 0 Å². The van der Waals surface area contributed by atoms with Crippen molar-refractivity contribution in [3.8, 4) is 0 Å². The van der Waals surface area contributed by atoms with Crippen LogP contribution in [0.4, 0.5) is 5.69 Å². The number of hydrogen-bond donors (Lipinski definition) is 4. The number of thioether (sulfide) groups is 1. The molecule has 5 unspecified atom stereocenters. The number of aliphatic imine (C=N–C) groups is 1. The first-order valence-electron chi connectivity index (χ1n) is 6.37. The lowest BCUT2D eigenvalue weighted by Crippen LogP contribution is -2.65. The fraction of sp³-hybridized carbons (Fsp3) is 0.462. The molecule has 6 nitrogen and oxygen atoms in total. The zero-order valence-corrected chi connectivity index (χ0v) is 11.4. The van der Waals surface area contributed by atoms with Crippen LogP contribution in [0, 0.1) is 0 Å². The number of aliphatic hydroxyl groups is 4. The quantitative estimate of drug-likeness (QED) is 0.558. The highest BCUT2D eigenvalue weighted by Gasteiger charge is 2.51. The van der Waals surface area contributed by atoms with Crippen molar-refractivity contribution >= 4 is 22.6 Å². The van der Waals surface area contributed by atoms with Crippen molar-refractivity contribution in [2.75, 3.05) is 5.75 Å². The van der Waals surface area contributed by atoms with Crippen LogP contribution in [0.25, 0.3) is 0 Å². The second-order valence-corrected chi connectivity index (χ2v) is 5.89. The average molecular weight is 296 g/mol. The molecule has 0 aliphatic carbocycles. The van der Waals surface area contributed by atoms with Gasteiger partial charge in [-0.1, -0.05) is 30.0 Å². The van der Waals surface area contributed by atoms with Crippen molar-refractivity contribution in [3.05, 3.63) is 30.3 Å². The smallest absolute Gasteiger partial charge is 0.166 e. The fourth-order valence-electron chi connectivity index (χ4n) is 2.50. The summed E-state index contributed by atoms with van der Waals surface area (Å²) in [7, 11) is 0. The summed E-state index contributed by atoms with van der Waals surface area (Å²) in [6.07, 6.45) is -5.14. The van der Waals surface area contributed by atoms with Gasteiger partial charge in [-0.15, -0.1) is 0 Å². The van der Waals surface area contributed by atoms with Crippen LogP contribution in [-0.4, -0.2) is 66.8 Å². The third kappa shape index (κ3) is 2.21. The summed E-state index contributed by atoms with van der Waals surface area (Å²) in [5.74, 6) is 0.508. The summed E-state index contributed by atoms with van der Waals surface area (Å²) in [6.45, 7) is 0. The van der Waals surface area contributed by atoms with E-state index in [-0.39, 0.29) is 0 Å². The van der Waals surface area contributed by atoms with Gasteiger partial charge in [0.25, 0.3) is 0 Å². The minimum absolute atomic E-state index is 0.448. The molecule has 0 amide bonds. The Labute approximate surface area is 120 Å². The van der Waals surface area contributed by atoms with Gasteiger partial charge in [-0.25, -0.2) is 4.99 Å². The standard InChI is InChI=1S/C13H16N2O4S/c16-9-8-6-20-13(14-7-4-2-1-3-5-7)15(8)12(19)11(18)10(9)17/h1-5,8-12,16-19H,6H2. The van der Waals surface area contributed by atoms with Crippen molar-refractivity contribution < 1.29 is 20.4 Å². The van der Waals surface area contributed by atoms with Gasteiger partial charge in [-0.05, 0) is 12.1 Å². The molecule has 5 atom stereocenters. The predicted molar refractivity (Wildman–Crippen MR) is 75.6 cm³/mol. The van der Waals surface area contributed by atoms with Crippen LogP contribution < -0.4 is 0 Å². The number of piperidine rings is 1. The maximum Gasteiger partial charge on any atom is 0.166 e. The number of para-hydroxylation sites is 1. The molecule has 108 valence electrons. The number of hydrogen-bond acceptors (Lipinski definition) is 6. The third-order valence-corrected chi connectivity index (χ3v) is 4.70. The molecule has 0 radical (unpaired) electrons. The van der Waals surface area contributed by atoms with E-state index in [0.717, 1.165) is 5.69 Å². The van der Waals surface area contributed by atoms with Gasteiger partial charge in [0.2, 0.25) is 0 Å². The first-order chi connectivity index (χ1) is 9.59. The molecule has 1 aromatic rings. The maximum atomic E-state index is 10.1. The van der Waals surface area contributed by atoms with Gasteiger partial charge in [0.05, 0.1) is 11.7 Å². The molecule has 2 aliphatic rings. The zero-order chi connectivity index (χ0) is 14.3. The van der Waals surface area contributed by atoms with Crippen molar-refractivity contribution in [1.82, 2.24) is 4.90 Å². The van der Waals surface area contributed by atoms with E-state index in [1.54, 1.807) is 0 Å². The third-order valence-electron chi connectivity index (χ3n) is 3.63. The van der Waals surface area contributed by atoms with E-state index < -0.39 is 30.6 Å². The van der Waals surface area contributed by atoms with E-state index in [2.05, 4.69) is 4.99 Å². The van der Waals surface area contributed by atoms with Crippen LogP contribution in [0.15, 0.2) is 35.3 Å². The minimum atomic E-state index is -1.42. The summed E-state index contributed by atoms with van der Waals surface area (Å²) in [4.78, 5) is 5.91. The highest BCUT2D eigenvalue weighted by atomic mass is 32.2. The highest BCUT2D eigenvalue weighted by molar-refractivity contribution is 8.14. The Hall–Kier alpha value is -1.12. The Kier molecular flexibility index (Phi) is 3.70. The van der Waals surface area contributed by atoms with Crippen LogP contribution in [0.2, 0.25) is 0 Å². The predicted octanol–water partition coefficient (Wildman–Crippen LogP) is -0.494. The largest absolute Gasteiger partial charge is 0.388 e. The molecule has 3 rings (SSSR count). The number of nitrogens with zero attached hydrogens (tertiary/aromatic N) is 2. The number of aliphatic hydroxyl groups excluding tert-OH is 4. The van der Waals surface area contributed by atoms with E-state index in [1.165, 1.54) is 16.7 Å². The van der Waals surface area contributed by atoms with Gasteiger partial charge in [0.1, 0.15) is 18.3 Å². The molecule has 20 heavy (non-hydrogen) atoms. The number of amidine groups is 1. The lowest BCUT2D eigenvalue weighted by atomic mass is 9.94. The monoisotopic (exact) mass is 296 g/mol.